The van der Waals surface area contributed by atoms with Crippen molar-refractivity contribution in [2.45, 2.75) is 27.2 Å². The summed E-state index contributed by atoms with van der Waals surface area (Å²) in [5.74, 6) is 0.123. The monoisotopic (exact) mass is 362 g/mol. The second-order valence-electron chi connectivity index (χ2n) is 6.61. The third kappa shape index (κ3) is 2.89. The summed E-state index contributed by atoms with van der Waals surface area (Å²) in [5, 5.41) is 4.48. The molecule has 4 aromatic rings. The lowest BCUT2D eigenvalue weighted by Gasteiger charge is -2.10. The van der Waals surface area contributed by atoms with Crippen molar-refractivity contribution in [1.82, 2.24) is 4.98 Å². The predicted molar refractivity (Wildman–Crippen MR) is 103 cm³/mol. The Bertz CT molecular complexity index is 1240. The average molecular weight is 362 g/mol. The van der Waals surface area contributed by atoms with Gasteiger partial charge in [-0.15, -0.1) is 0 Å². The molecular formula is C21H18N2O4. The molecule has 0 radical (unpaired) electrons. The van der Waals surface area contributed by atoms with Crippen molar-refractivity contribution in [3.05, 3.63) is 69.4 Å². The molecule has 136 valence electrons. The second-order valence-corrected chi connectivity index (χ2v) is 6.61. The number of rotatable bonds is 3. The standard InChI is InChI=1S/C21H18N2O4/c1-11-10-26-19-13(3)20-15(8-14(11)19)12(2)16(21(25)27-20)9-18(24)23-17-6-4-5-7-22-17/h4-8,10H,9H2,1-3H3,(H,22,23,24). The highest BCUT2D eigenvalue weighted by Crippen LogP contribution is 2.32. The molecule has 1 amide bonds. The Morgan fingerprint density at radius 2 is 1.93 bits per heavy atom. The highest BCUT2D eigenvalue weighted by Gasteiger charge is 2.19. The van der Waals surface area contributed by atoms with E-state index in [1.54, 1.807) is 30.7 Å². The lowest BCUT2D eigenvalue weighted by atomic mass is 9.99. The molecule has 4 rings (SSSR count). The number of amides is 1. The number of anilines is 1. The summed E-state index contributed by atoms with van der Waals surface area (Å²) in [4.78, 5) is 29.0. The van der Waals surface area contributed by atoms with Gasteiger partial charge in [-0.1, -0.05) is 6.07 Å². The highest BCUT2D eigenvalue weighted by molar-refractivity contribution is 6.00. The molecule has 1 aromatic carbocycles. The molecule has 0 unspecified atom stereocenters. The number of hydrogen-bond acceptors (Lipinski definition) is 5. The van der Waals surface area contributed by atoms with Crippen LogP contribution in [0.2, 0.25) is 0 Å². The van der Waals surface area contributed by atoms with Gasteiger partial charge in [-0.3, -0.25) is 4.79 Å². The minimum absolute atomic E-state index is 0.0812. The molecule has 0 spiro atoms. The zero-order chi connectivity index (χ0) is 19.1. The first-order valence-electron chi connectivity index (χ1n) is 8.60. The Labute approximate surface area is 154 Å². The molecule has 0 aliphatic carbocycles. The van der Waals surface area contributed by atoms with Crippen molar-refractivity contribution in [1.29, 1.82) is 0 Å². The van der Waals surface area contributed by atoms with Crippen molar-refractivity contribution in [2.75, 3.05) is 5.32 Å². The molecule has 0 saturated heterocycles. The first-order valence-corrected chi connectivity index (χ1v) is 8.60. The molecule has 27 heavy (non-hydrogen) atoms. The number of benzene rings is 1. The highest BCUT2D eigenvalue weighted by atomic mass is 16.4. The van der Waals surface area contributed by atoms with E-state index in [4.69, 9.17) is 8.83 Å². The van der Waals surface area contributed by atoms with Crippen LogP contribution in [0.15, 0.2) is 50.4 Å². The Hall–Kier alpha value is -3.41. The number of aryl methyl sites for hydroxylation is 3. The summed E-state index contributed by atoms with van der Waals surface area (Å²) < 4.78 is 11.2. The van der Waals surface area contributed by atoms with Crippen LogP contribution in [0.4, 0.5) is 5.82 Å². The van der Waals surface area contributed by atoms with E-state index in [9.17, 15) is 9.59 Å². The van der Waals surface area contributed by atoms with Gasteiger partial charge in [0.15, 0.2) is 0 Å². The summed E-state index contributed by atoms with van der Waals surface area (Å²) in [5.41, 5.74) is 3.56. The smallest absolute Gasteiger partial charge is 0.340 e. The molecule has 3 heterocycles. The van der Waals surface area contributed by atoms with Gasteiger partial charge in [0.1, 0.15) is 17.0 Å². The van der Waals surface area contributed by atoms with E-state index >= 15 is 0 Å². The molecular weight excluding hydrogens is 344 g/mol. The van der Waals surface area contributed by atoms with Crippen LogP contribution in [-0.2, 0) is 11.2 Å². The SMILES string of the molecule is Cc1coc2c(C)c3oc(=O)c(CC(=O)Nc4ccccn4)c(C)c3cc12. The summed E-state index contributed by atoms with van der Waals surface area (Å²) in [7, 11) is 0. The molecule has 6 nitrogen and oxygen atoms in total. The van der Waals surface area contributed by atoms with Crippen molar-refractivity contribution >= 4 is 33.7 Å². The van der Waals surface area contributed by atoms with Crippen LogP contribution in [-0.4, -0.2) is 10.9 Å². The molecule has 1 N–H and O–H groups in total. The van der Waals surface area contributed by atoms with Gasteiger partial charge in [-0.2, -0.15) is 0 Å². The largest absolute Gasteiger partial charge is 0.464 e. The maximum atomic E-state index is 12.5. The van der Waals surface area contributed by atoms with Crippen LogP contribution in [0.3, 0.4) is 0 Å². The third-order valence-corrected chi connectivity index (χ3v) is 4.81. The van der Waals surface area contributed by atoms with Crippen molar-refractivity contribution in [3.8, 4) is 0 Å². The van der Waals surface area contributed by atoms with Crippen LogP contribution in [0.5, 0.6) is 0 Å². The first-order chi connectivity index (χ1) is 13.0. The maximum absolute atomic E-state index is 12.5. The minimum Gasteiger partial charge on any atom is -0.464 e. The van der Waals surface area contributed by atoms with Gasteiger partial charge in [-0.05, 0) is 50.1 Å². The van der Waals surface area contributed by atoms with Gasteiger partial charge in [0.2, 0.25) is 5.91 Å². The van der Waals surface area contributed by atoms with E-state index in [1.165, 1.54) is 0 Å². The predicted octanol–water partition coefficient (Wildman–Crippen LogP) is 4.04. The quantitative estimate of drug-likeness (QED) is 0.556. The Morgan fingerprint density at radius 1 is 1.11 bits per heavy atom. The van der Waals surface area contributed by atoms with Gasteiger partial charge in [0, 0.05) is 22.5 Å². The van der Waals surface area contributed by atoms with Crippen molar-refractivity contribution < 1.29 is 13.6 Å². The van der Waals surface area contributed by atoms with Gasteiger partial charge >= 0.3 is 5.63 Å². The number of carbonyl (C=O) groups is 1. The number of furan rings is 1. The number of aromatic nitrogens is 1. The molecule has 0 saturated carbocycles. The van der Waals surface area contributed by atoms with E-state index in [0.717, 1.165) is 27.5 Å². The molecule has 0 atom stereocenters. The molecule has 0 aliphatic rings. The van der Waals surface area contributed by atoms with Crippen LogP contribution >= 0.6 is 0 Å². The lowest BCUT2D eigenvalue weighted by Crippen LogP contribution is -2.21. The Kier molecular flexibility index (Phi) is 4.03. The number of nitrogens with zero attached hydrogens (tertiary/aromatic N) is 1. The number of hydrogen-bond donors (Lipinski definition) is 1. The van der Waals surface area contributed by atoms with E-state index in [0.29, 0.717) is 22.5 Å². The lowest BCUT2D eigenvalue weighted by molar-refractivity contribution is -0.115. The molecule has 6 heteroatoms. The molecule has 0 fully saturated rings. The van der Waals surface area contributed by atoms with Crippen molar-refractivity contribution in [3.63, 3.8) is 0 Å². The summed E-state index contributed by atoms with van der Waals surface area (Å²) >= 11 is 0. The van der Waals surface area contributed by atoms with E-state index in [1.807, 2.05) is 26.8 Å². The van der Waals surface area contributed by atoms with Gasteiger partial charge in [-0.25, -0.2) is 9.78 Å². The number of nitrogens with one attached hydrogen (secondary N) is 1. The second kappa shape index (κ2) is 6.39. The van der Waals surface area contributed by atoms with Gasteiger partial charge in [0.25, 0.3) is 0 Å². The van der Waals surface area contributed by atoms with Crippen LogP contribution < -0.4 is 10.9 Å². The topological polar surface area (TPSA) is 85.3 Å². The van der Waals surface area contributed by atoms with Crippen LogP contribution in [0.25, 0.3) is 21.9 Å². The Morgan fingerprint density at radius 3 is 2.67 bits per heavy atom. The third-order valence-electron chi connectivity index (χ3n) is 4.81. The van der Waals surface area contributed by atoms with Crippen molar-refractivity contribution in [2.24, 2.45) is 0 Å². The fraction of sp³-hybridized carbons (Fsp3) is 0.190. The fourth-order valence-corrected chi connectivity index (χ4v) is 3.31. The van der Waals surface area contributed by atoms with Crippen LogP contribution in [0.1, 0.15) is 22.3 Å². The molecule has 0 aliphatic heterocycles. The fourth-order valence-electron chi connectivity index (χ4n) is 3.31. The molecule has 0 bridgehead atoms. The molecule has 3 aromatic heterocycles. The zero-order valence-corrected chi connectivity index (χ0v) is 15.3. The van der Waals surface area contributed by atoms with Gasteiger partial charge in [0.05, 0.1) is 18.2 Å². The Balaban J connectivity index is 1.79. The minimum atomic E-state index is -0.512. The average Bonchev–Trinajstić information content (AvgIpc) is 3.02. The van der Waals surface area contributed by atoms with Crippen LogP contribution in [0, 0.1) is 20.8 Å². The van der Waals surface area contributed by atoms with E-state index in [-0.39, 0.29) is 12.3 Å². The number of fused-ring (bicyclic) bond motifs is 2. The maximum Gasteiger partial charge on any atom is 0.340 e. The number of carbonyl (C=O) groups excluding carboxylic acids is 1. The normalized spacial score (nSPS) is 11.2. The van der Waals surface area contributed by atoms with E-state index in [2.05, 4.69) is 10.3 Å². The zero-order valence-electron chi connectivity index (χ0n) is 15.3. The number of pyridine rings is 1. The first kappa shape index (κ1) is 17.0. The summed E-state index contributed by atoms with van der Waals surface area (Å²) in [6.45, 7) is 5.67. The van der Waals surface area contributed by atoms with Gasteiger partial charge < -0.3 is 14.2 Å². The van der Waals surface area contributed by atoms with E-state index < -0.39 is 5.63 Å². The summed E-state index contributed by atoms with van der Waals surface area (Å²) in [6.07, 6.45) is 3.19. The summed E-state index contributed by atoms with van der Waals surface area (Å²) in [6, 6.07) is 7.18.